The van der Waals surface area contributed by atoms with E-state index in [2.05, 4.69) is 48.5 Å². The maximum Gasteiger partial charge on any atom is 0.472 e. The lowest BCUT2D eigenvalue weighted by Gasteiger charge is -2.21. The number of ether oxygens (including phenoxy) is 4. The number of aliphatic hydroxyl groups excluding tert-OH is 1. The molecule has 0 bridgehead atoms. The van der Waals surface area contributed by atoms with E-state index in [0.29, 0.717) is 31.6 Å². The Morgan fingerprint density at radius 2 is 0.593 bits per heavy atom. The Morgan fingerprint density at radius 3 is 0.884 bits per heavy atom. The summed E-state index contributed by atoms with van der Waals surface area (Å²) < 4.78 is 68.1. The van der Waals surface area contributed by atoms with Crippen LogP contribution in [0.2, 0.25) is 0 Å². The van der Waals surface area contributed by atoms with Crippen molar-refractivity contribution < 1.29 is 80.2 Å². The van der Waals surface area contributed by atoms with Crippen molar-refractivity contribution in [3.63, 3.8) is 0 Å². The van der Waals surface area contributed by atoms with Crippen molar-refractivity contribution >= 4 is 39.5 Å². The maximum absolute atomic E-state index is 13.0. The fourth-order valence-corrected chi connectivity index (χ4v) is 11.6. The number of phosphoric acid groups is 2. The third kappa shape index (κ3) is 59.7. The first-order valence-corrected chi connectivity index (χ1v) is 37.9. The van der Waals surface area contributed by atoms with E-state index in [9.17, 15) is 43.2 Å². The zero-order valence-electron chi connectivity index (χ0n) is 55.8. The van der Waals surface area contributed by atoms with E-state index >= 15 is 0 Å². The van der Waals surface area contributed by atoms with Gasteiger partial charge in [-0.1, -0.05) is 280 Å². The highest BCUT2D eigenvalue weighted by atomic mass is 31.2. The predicted octanol–water partition coefficient (Wildman–Crippen LogP) is 18.7. The van der Waals surface area contributed by atoms with Crippen molar-refractivity contribution in [3.05, 3.63) is 0 Å². The van der Waals surface area contributed by atoms with Crippen LogP contribution in [0.4, 0.5) is 0 Å². The van der Waals surface area contributed by atoms with Gasteiger partial charge in [-0.25, -0.2) is 9.13 Å². The van der Waals surface area contributed by atoms with Gasteiger partial charge in [0.2, 0.25) is 0 Å². The molecular weight excluding hydrogens is 1140 g/mol. The van der Waals surface area contributed by atoms with Crippen molar-refractivity contribution in [1.29, 1.82) is 0 Å². The summed E-state index contributed by atoms with van der Waals surface area (Å²) in [6.07, 6.45) is 40.3. The molecule has 0 fully saturated rings. The first-order valence-electron chi connectivity index (χ1n) is 34.9. The van der Waals surface area contributed by atoms with E-state index in [-0.39, 0.29) is 25.7 Å². The average Bonchev–Trinajstić information content (AvgIpc) is 3.64. The van der Waals surface area contributed by atoms with Crippen LogP contribution in [0.5, 0.6) is 0 Å². The minimum Gasteiger partial charge on any atom is -0.462 e. The van der Waals surface area contributed by atoms with Crippen LogP contribution in [-0.4, -0.2) is 96.7 Å². The standard InChI is InChI=1S/C67H130O17P2/c1-8-10-11-12-13-14-20-27-34-41-48-64(69)77-55-63(84-67(72)51-44-37-30-23-25-32-39-46-59(5)6)57-82-86(75,76)80-53-61(68)52-79-85(73,74)81-56-62(54-78-65(70)49-42-35-28-22-17-18-24-31-38-45-58(3)4)83-66(71)50-43-36-29-21-16-15-19-26-33-40-47-60(7)9-2/h58-63,68H,8-57H2,1-7H3,(H,73,74)(H,75,76)/t60?,61-,62-,63-/m1/s1. The van der Waals surface area contributed by atoms with E-state index in [0.717, 1.165) is 102 Å². The summed E-state index contributed by atoms with van der Waals surface area (Å²) in [5, 5.41) is 10.6. The molecule has 6 atom stereocenters. The molecule has 0 radical (unpaired) electrons. The molecule has 0 heterocycles. The van der Waals surface area contributed by atoms with Crippen LogP contribution in [0.1, 0.15) is 331 Å². The average molecular weight is 1270 g/mol. The number of aliphatic hydroxyl groups is 1. The van der Waals surface area contributed by atoms with Crippen LogP contribution in [0, 0.1) is 17.8 Å². The molecule has 17 nitrogen and oxygen atoms in total. The molecule has 510 valence electrons. The third-order valence-corrected chi connectivity index (χ3v) is 17.6. The number of carbonyl (C=O) groups is 4. The van der Waals surface area contributed by atoms with E-state index in [4.69, 9.17) is 37.0 Å². The second kappa shape index (κ2) is 58.2. The molecule has 0 aliphatic carbocycles. The van der Waals surface area contributed by atoms with Crippen molar-refractivity contribution in [2.24, 2.45) is 17.8 Å². The highest BCUT2D eigenvalue weighted by Crippen LogP contribution is 2.45. The quantitative estimate of drug-likeness (QED) is 0.0222. The molecule has 0 amide bonds. The molecule has 0 saturated carbocycles. The predicted molar refractivity (Wildman–Crippen MR) is 344 cm³/mol. The summed E-state index contributed by atoms with van der Waals surface area (Å²) in [5.74, 6) is 0.110. The zero-order chi connectivity index (χ0) is 63.8. The second-order valence-corrected chi connectivity index (χ2v) is 28.3. The van der Waals surface area contributed by atoms with Crippen molar-refractivity contribution in [2.45, 2.75) is 349 Å². The van der Waals surface area contributed by atoms with E-state index in [1.54, 1.807) is 0 Å². The van der Waals surface area contributed by atoms with Gasteiger partial charge in [-0.3, -0.25) is 37.3 Å². The molecule has 0 aromatic heterocycles. The molecule has 3 unspecified atom stereocenters. The summed E-state index contributed by atoms with van der Waals surface area (Å²) in [7, 11) is -9.89. The van der Waals surface area contributed by atoms with Crippen LogP contribution < -0.4 is 0 Å². The van der Waals surface area contributed by atoms with Crippen molar-refractivity contribution in [2.75, 3.05) is 39.6 Å². The van der Waals surface area contributed by atoms with Gasteiger partial charge < -0.3 is 33.8 Å². The van der Waals surface area contributed by atoms with E-state index < -0.39 is 97.5 Å². The number of hydrogen-bond donors (Lipinski definition) is 3. The SMILES string of the molecule is CCCCCCCCCCCCC(=O)OC[C@H](COP(=O)(O)OC[C@H](O)COP(=O)(O)OC[C@@H](COC(=O)CCCCCCCCCCCC(C)C)OC(=O)CCCCCCCCCCCCC(C)CC)OC(=O)CCCCCCCCCC(C)C. The van der Waals surface area contributed by atoms with Gasteiger partial charge in [0.15, 0.2) is 12.2 Å². The van der Waals surface area contributed by atoms with Crippen LogP contribution in [-0.2, 0) is 65.4 Å². The summed E-state index contributed by atoms with van der Waals surface area (Å²) >= 11 is 0. The number of carbonyl (C=O) groups excluding carboxylic acids is 4. The lowest BCUT2D eigenvalue weighted by Crippen LogP contribution is -2.30. The summed E-state index contributed by atoms with van der Waals surface area (Å²) in [6.45, 7) is 11.8. The van der Waals surface area contributed by atoms with Gasteiger partial charge in [-0.15, -0.1) is 0 Å². The minimum absolute atomic E-state index is 0.103. The van der Waals surface area contributed by atoms with Gasteiger partial charge in [-0.2, -0.15) is 0 Å². The first kappa shape index (κ1) is 84.1. The molecule has 86 heavy (non-hydrogen) atoms. The highest BCUT2D eigenvalue weighted by molar-refractivity contribution is 7.47. The smallest absolute Gasteiger partial charge is 0.462 e. The Morgan fingerprint density at radius 1 is 0.337 bits per heavy atom. The molecular formula is C67H130O17P2. The maximum atomic E-state index is 13.0. The normalized spacial score (nSPS) is 14.6. The number of phosphoric ester groups is 2. The zero-order valence-corrected chi connectivity index (χ0v) is 57.6. The summed E-state index contributed by atoms with van der Waals surface area (Å²) in [5.41, 5.74) is 0. The van der Waals surface area contributed by atoms with Gasteiger partial charge in [-0.05, 0) is 43.4 Å². The molecule has 0 aromatic rings. The molecule has 0 rings (SSSR count). The fraction of sp³-hybridized carbons (Fsp3) is 0.940. The molecule has 0 aromatic carbocycles. The Kier molecular flexibility index (Phi) is 56.9. The van der Waals surface area contributed by atoms with Gasteiger partial charge >= 0.3 is 39.5 Å². The monoisotopic (exact) mass is 1270 g/mol. The number of esters is 4. The molecule has 0 aliphatic rings. The Balaban J connectivity index is 5.25. The molecule has 19 heteroatoms. The third-order valence-electron chi connectivity index (χ3n) is 15.7. The van der Waals surface area contributed by atoms with Crippen LogP contribution >= 0.6 is 15.6 Å². The number of hydrogen-bond acceptors (Lipinski definition) is 15. The van der Waals surface area contributed by atoms with Gasteiger partial charge in [0.05, 0.1) is 26.4 Å². The Hall–Kier alpha value is -1.94. The second-order valence-electron chi connectivity index (χ2n) is 25.4. The van der Waals surface area contributed by atoms with Crippen molar-refractivity contribution in [3.8, 4) is 0 Å². The lowest BCUT2D eigenvalue weighted by atomic mass is 9.99. The van der Waals surface area contributed by atoms with Gasteiger partial charge in [0, 0.05) is 25.7 Å². The molecule has 0 spiro atoms. The Labute approximate surface area is 524 Å². The van der Waals surface area contributed by atoms with Crippen LogP contribution in [0.25, 0.3) is 0 Å². The van der Waals surface area contributed by atoms with Crippen LogP contribution in [0.3, 0.4) is 0 Å². The number of rotatable bonds is 65. The van der Waals surface area contributed by atoms with E-state index in [1.807, 2.05) is 0 Å². The van der Waals surface area contributed by atoms with E-state index in [1.165, 1.54) is 141 Å². The topological polar surface area (TPSA) is 237 Å². The van der Waals surface area contributed by atoms with Crippen LogP contribution in [0.15, 0.2) is 0 Å². The highest BCUT2D eigenvalue weighted by Gasteiger charge is 2.30. The Bertz CT molecular complexity index is 1700. The first-order chi connectivity index (χ1) is 41.3. The molecule has 0 aliphatic heterocycles. The molecule has 3 N–H and O–H groups in total. The van der Waals surface area contributed by atoms with Crippen molar-refractivity contribution in [1.82, 2.24) is 0 Å². The minimum atomic E-state index is -4.95. The number of unbranched alkanes of at least 4 members (excludes halogenated alkanes) is 32. The fourth-order valence-electron chi connectivity index (χ4n) is 9.98. The molecule has 0 saturated heterocycles. The largest absolute Gasteiger partial charge is 0.472 e. The summed E-state index contributed by atoms with van der Waals surface area (Å²) in [6, 6.07) is 0. The van der Waals surface area contributed by atoms with Gasteiger partial charge in [0.25, 0.3) is 0 Å². The van der Waals surface area contributed by atoms with Gasteiger partial charge in [0.1, 0.15) is 19.3 Å². The summed E-state index contributed by atoms with van der Waals surface area (Å²) in [4.78, 5) is 72.4. The lowest BCUT2D eigenvalue weighted by molar-refractivity contribution is -0.161.